The summed E-state index contributed by atoms with van der Waals surface area (Å²) < 4.78 is 10.6. The Morgan fingerprint density at radius 2 is 1.89 bits per heavy atom. The van der Waals surface area contributed by atoms with Crippen molar-refractivity contribution in [3.63, 3.8) is 0 Å². The van der Waals surface area contributed by atoms with E-state index < -0.39 is 0 Å². The topological polar surface area (TPSA) is 119 Å². The third kappa shape index (κ3) is 3.22. The van der Waals surface area contributed by atoms with Crippen LogP contribution >= 0.6 is 0 Å². The molecule has 9 heteroatoms. The van der Waals surface area contributed by atoms with E-state index in [-0.39, 0.29) is 5.56 Å². The Bertz CT molecular complexity index is 1140. The van der Waals surface area contributed by atoms with Crippen molar-refractivity contribution in [1.82, 2.24) is 30.6 Å². The Balaban J connectivity index is 1.74. The molecule has 2 aromatic carbocycles. The fraction of sp³-hybridized carbons (Fsp3) is 0.167. The second-order valence-electron chi connectivity index (χ2n) is 5.84. The zero-order valence-electron chi connectivity index (χ0n) is 14.7. The summed E-state index contributed by atoms with van der Waals surface area (Å²) in [7, 11) is 3.06. The van der Waals surface area contributed by atoms with Crippen LogP contribution < -0.4 is 15.0 Å². The summed E-state index contributed by atoms with van der Waals surface area (Å²) in [5, 5.41) is 14.2. The normalized spacial score (nSPS) is 10.9. The SMILES string of the molecule is COc1cc(OC)c2c(=O)[nH]c(-c3ccc(Cc4nn[nH]n4)cc3)nc2c1. The highest BCUT2D eigenvalue weighted by atomic mass is 16.5. The van der Waals surface area contributed by atoms with Crippen LogP contribution in [0.5, 0.6) is 11.5 Å². The summed E-state index contributed by atoms with van der Waals surface area (Å²) in [6, 6.07) is 11.0. The number of hydrogen-bond donors (Lipinski definition) is 2. The maximum Gasteiger partial charge on any atom is 0.262 e. The maximum absolute atomic E-state index is 12.6. The first-order chi connectivity index (χ1) is 13.2. The quantitative estimate of drug-likeness (QED) is 0.553. The molecular weight excluding hydrogens is 348 g/mol. The van der Waals surface area contributed by atoms with Crippen LogP contribution in [0.4, 0.5) is 0 Å². The molecule has 2 N–H and O–H groups in total. The van der Waals surface area contributed by atoms with E-state index in [1.807, 2.05) is 24.3 Å². The van der Waals surface area contributed by atoms with Gasteiger partial charge >= 0.3 is 0 Å². The highest BCUT2D eigenvalue weighted by molar-refractivity contribution is 5.87. The van der Waals surface area contributed by atoms with Crippen molar-refractivity contribution in [2.45, 2.75) is 6.42 Å². The van der Waals surface area contributed by atoms with Crippen LogP contribution in [0, 0.1) is 0 Å². The molecule has 9 nitrogen and oxygen atoms in total. The average Bonchev–Trinajstić information content (AvgIpc) is 3.20. The van der Waals surface area contributed by atoms with Crippen molar-refractivity contribution >= 4 is 10.9 Å². The first-order valence-electron chi connectivity index (χ1n) is 8.15. The van der Waals surface area contributed by atoms with E-state index in [2.05, 4.69) is 30.6 Å². The van der Waals surface area contributed by atoms with Gasteiger partial charge in [0.15, 0.2) is 5.82 Å². The number of ether oxygens (including phenoxy) is 2. The number of aromatic amines is 2. The average molecular weight is 364 g/mol. The van der Waals surface area contributed by atoms with E-state index >= 15 is 0 Å². The minimum Gasteiger partial charge on any atom is -0.497 e. The fourth-order valence-electron chi connectivity index (χ4n) is 2.85. The van der Waals surface area contributed by atoms with Gasteiger partial charge in [-0.15, -0.1) is 10.2 Å². The molecule has 4 aromatic rings. The third-order valence-corrected chi connectivity index (χ3v) is 4.18. The van der Waals surface area contributed by atoms with Gasteiger partial charge in [-0.2, -0.15) is 5.21 Å². The summed E-state index contributed by atoms with van der Waals surface area (Å²) in [6.45, 7) is 0. The van der Waals surface area contributed by atoms with Gasteiger partial charge in [0.25, 0.3) is 5.56 Å². The van der Waals surface area contributed by atoms with Gasteiger partial charge in [0.2, 0.25) is 0 Å². The number of benzene rings is 2. The summed E-state index contributed by atoms with van der Waals surface area (Å²) in [6.07, 6.45) is 0.562. The number of tetrazole rings is 1. The predicted octanol–water partition coefficient (Wildman–Crippen LogP) is 1.71. The van der Waals surface area contributed by atoms with Crippen LogP contribution in [0.3, 0.4) is 0 Å². The second-order valence-corrected chi connectivity index (χ2v) is 5.84. The predicted molar refractivity (Wildman–Crippen MR) is 97.9 cm³/mol. The van der Waals surface area contributed by atoms with Gasteiger partial charge in [-0.1, -0.05) is 29.5 Å². The smallest absolute Gasteiger partial charge is 0.262 e. The molecule has 0 fully saturated rings. The zero-order valence-corrected chi connectivity index (χ0v) is 14.7. The molecule has 0 spiro atoms. The minimum atomic E-state index is -0.273. The Hall–Kier alpha value is -3.75. The Kier molecular flexibility index (Phi) is 4.25. The number of aromatic nitrogens is 6. The molecule has 2 heterocycles. The number of rotatable bonds is 5. The van der Waals surface area contributed by atoms with Crippen molar-refractivity contribution in [2.24, 2.45) is 0 Å². The first-order valence-corrected chi connectivity index (χ1v) is 8.15. The molecule has 0 saturated carbocycles. The molecule has 4 rings (SSSR count). The van der Waals surface area contributed by atoms with Crippen molar-refractivity contribution in [3.05, 3.63) is 58.1 Å². The van der Waals surface area contributed by atoms with Gasteiger partial charge in [0.1, 0.15) is 22.7 Å². The first kappa shape index (κ1) is 16.7. The van der Waals surface area contributed by atoms with Gasteiger partial charge in [-0.25, -0.2) is 4.98 Å². The van der Waals surface area contributed by atoms with Crippen LogP contribution in [0.1, 0.15) is 11.4 Å². The van der Waals surface area contributed by atoms with Gasteiger partial charge in [0.05, 0.1) is 19.7 Å². The third-order valence-electron chi connectivity index (χ3n) is 4.18. The number of nitrogens with one attached hydrogen (secondary N) is 2. The standard InChI is InChI=1S/C18H16N6O3/c1-26-12-8-13-16(14(9-12)27-2)18(25)20-17(19-13)11-5-3-10(4-6-11)7-15-21-23-24-22-15/h3-6,8-9H,7H2,1-2H3,(H,19,20,25)(H,21,22,23,24). The summed E-state index contributed by atoms with van der Waals surface area (Å²) >= 11 is 0. The van der Waals surface area contributed by atoms with Crippen LogP contribution in [0.15, 0.2) is 41.2 Å². The highest BCUT2D eigenvalue weighted by Gasteiger charge is 2.13. The Labute approximate surface area is 153 Å². The molecule has 0 bridgehead atoms. The van der Waals surface area contributed by atoms with Crippen LogP contribution in [0.2, 0.25) is 0 Å². The van der Waals surface area contributed by atoms with E-state index in [1.54, 1.807) is 19.2 Å². The molecular formula is C18H16N6O3. The zero-order chi connectivity index (χ0) is 18.8. The molecule has 0 aliphatic rings. The van der Waals surface area contributed by atoms with Gasteiger partial charge in [-0.3, -0.25) is 4.79 Å². The molecule has 2 aromatic heterocycles. The lowest BCUT2D eigenvalue weighted by molar-refractivity contribution is 0.397. The van der Waals surface area contributed by atoms with E-state index in [0.717, 1.165) is 11.1 Å². The number of nitrogens with zero attached hydrogens (tertiary/aromatic N) is 4. The molecule has 0 saturated heterocycles. The molecule has 136 valence electrons. The molecule has 0 unspecified atom stereocenters. The Morgan fingerprint density at radius 3 is 2.56 bits per heavy atom. The van der Waals surface area contributed by atoms with Gasteiger partial charge in [0, 0.05) is 24.1 Å². The van der Waals surface area contributed by atoms with Gasteiger partial charge in [-0.05, 0) is 5.56 Å². The molecule has 0 aliphatic carbocycles. The Morgan fingerprint density at radius 1 is 1.07 bits per heavy atom. The molecule has 27 heavy (non-hydrogen) atoms. The maximum atomic E-state index is 12.6. The van der Waals surface area contributed by atoms with Crippen LogP contribution in [-0.4, -0.2) is 44.8 Å². The van der Waals surface area contributed by atoms with E-state index in [0.29, 0.717) is 40.5 Å². The number of methoxy groups -OCH3 is 2. The molecule has 0 aliphatic heterocycles. The van der Waals surface area contributed by atoms with E-state index in [9.17, 15) is 4.79 Å². The summed E-state index contributed by atoms with van der Waals surface area (Å²) in [5.74, 6) is 2.06. The van der Waals surface area contributed by atoms with E-state index in [4.69, 9.17) is 9.47 Å². The van der Waals surface area contributed by atoms with Crippen molar-refractivity contribution < 1.29 is 9.47 Å². The fourth-order valence-corrected chi connectivity index (χ4v) is 2.85. The highest BCUT2D eigenvalue weighted by Crippen LogP contribution is 2.28. The van der Waals surface area contributed by atoms with Gasteiger partial charge < -0.3 is 14.5 Å². The largest absolute Gasteiger partial charge is 0.497 e. The number of fused-ring (bicyclic) bond motifs is 1. The molecule has 0 atom stereocenters. The van der Waals surface area contributed by atoms with Crippen LogP contribution in [0.25, 0.3) is 22.3 Å². The summed E-state index contributed by atoms with van der Waals surface area (Å²) in [4.78, 5) is 20.0. The van der Waals surface area contributed by atoms with Crippen LogP contribution in [-0.2, 0) is 6.42 Å². The lowest BCUT2D eigenvalue weighted by atomic mass is 10.1. The summed E-state index contributed by atoms with van der Waals surface area (Å²) in [5.41, 5.74) is 2.03. The van der Waals surface area contributed by atoms with E-state index in [1.165, 1.54) is 7.11 Å². The second kappa shape index (κ2) is 6.87. The number of H-pyrrole nitrogens is 2. The molecule has 0 radical (unpaired) electrons. The monoisotopic (exact) mass is 364 g/mol. The van der Waals surface area contributed by atoms with Crippen molar-refractivity contribution in [2.75, 3.05) is 14.2 Å². The van der Waals surface area contributed by atoms with Crippen molar-refractivity contribution in [3.8, 4) is 22.9 Å². The van der Waals surface area contributed by atoms with Crippen molar-refractivity contribution in [1.29, 1.82) is 0 Å². The lowest BCUT2D eigenvalue weighted by Crippen LogP contribution is -2.11. The molecule has 0 amide bonds. The number of hydrogen-bond acceptors (Lipinski definition) is 7. The lowest BCUT2D eigenvalue weighted by Gasteiger charge is -2.09. The minimum absolute atomic E-state index is 0.273.